The van der Waals surface area contributed by atoms with Gasteiger partial charge in [0.2, 0.25) is 0 Å². The highest BCUT2D eigenvalue weighted by molar-refractivity contribution is 5.98. The number of hydrogen-bond donors (Lipinski definition) is 1. The number of aryl methyl sites for hydroxylation is 1. The normalized spacial score (nSPS) is 10.6. The molecule has 1 heterocycles. The number of aromatic nitrogens is 1. The Labute approximate surface area is 125 Å². The third kappa shape index (κ3) is 2.46. The van der Waals surface area contributed by atoms with Crippen LogP contribution >= 0.6 is 0 Å². The maximum Gasteiger partial charge on any atom is 0.277 e. The summed E-state index contributed by atoms with van der Waals surface area (Å²) in [5.74, 6) is -0.0202. The first-order valence-corrected chi connectivity index (χ1v) is 6.61. The summed E-state index contributed by atoms with van der Waals surface area (Å²) in [7, 11) is 0. The van der Waals surface area contributed by atoms with Gasteiger partial charge in [0, 0.05) is 17.6 Å². The highest BCUT2D eigenvalue weighted by Crippen LogP contribution is 2.31. The minimum Gasteiger partial charge on any atom is -0.337 e. The van der Waals surface area contributed by atoms with Crippen LogP contribution in [0.3, 0.4) is 0 Å². The van der Waals surface area contributed by atoms with Crippen molar-refractivity contribution in [1.29, 1.82) is 0 Å². The lowest BCUT2D eigenvalue weighted by molar-refractivity contribution is -0.383. The average molecular weight is 297 g/mol. The van der Waals surface area contributed by atoms with E-state index in [1.807, 2.05) is 0 Å². The molecular formula is C16H12FN3O2. The summed E-state index contributed by atoms with van der Waals surface area (Å²) in [5, 5.41) is 15.0. The van der Waals surface area contributed by atoms with Crippen molar-refractivity contribution in [3.63, 3.8) is 0 Å². The zero-order chi connectivity index (χ0) is 15.7. The highest BCUT2D eigenvalue weighted by Gasteiger charge is 2.14. The summed E-state index contributed by atoms with van der Waals surface area (Å²) in [6, 6.07) is 11.1. The van der Waals surface area contributed by atoms with Gasteiger partial charge in [-0.2, -0.15) is 0 Å². The largest absolute Gasteiger partial charge is 0.337 e. The van der Waals surface area contributed by atoms with Crippen LogP contribution in [0.2, 0.25) is 0 Å². The number of benzene rings is 2. The van der Waals surface area contributed by atoms with Gasteiger partial charge < -0.3 is 5.32 Å². The van der Waals surface area contributed by atoms with Crippen molar-refractivity contribution in [2.75, 3.05) is 5.32 Å². The third-order valence-electron chi connectivity index (χ3n) is 3.36. The summed E-state index contributed by atoms with van der Waals surface area (Å²) < 4.78 is 13.9. The Kier molecular flexibility index (Phi) is 3.42. The van der Waals surface area contributed by atoms with Crippen molar-refractivity contribution in [3.8, 4) is 0 Å². The van der Waals surface area contributed by atoms with E-state index in [4.69, 9.17) is 0 Å². The van der Waals surface area contributed by atoms with E-state index in [2.05, 4.69) is 10.3 Å². The van der Waals surface area contributed by atoms with Gasteiger partial charge in [0.1, 0.15) is 11.6 Å². The lowest BCUT2D eigenvalue weighted by atomic mass is 10.1. The molecule has 0 amide bonds. The van der Waals surface area contributed by atoms with E-state index in [1.54, 1.807) is 37.3 Å². The standard InChI is InChI=1S/C16H12FN3O2/c1-10-5-6-14(13(17)9-10)19-16-12-3-2-4-15(20(21)22)11(12)7-8-18-16/h2-9H,1H3,(H,18,19). The Morgan fingerprint density at radius 3 is 2.73 bits per heavy atom. The van der Waals surface area contributed by atoms with Crippen LogP contribution in [0, 0.1) is 22.9 Å². The van der Waals surface area contributed by atoms with Gasteiger partial charge in [0.05, 0.1) is 16.0 Å². The number of rotatable bonds is 3. The third-order valence-corrected chi connectivity index (χ3v) is 3.36. The first kappa shape index (κ1) is 13.9. The van der Waals surface area contributed by atoms with Gasteiger partial charge in [-0.25, -0.2) is 9.37 Å². The number of hydrogen-bond acceptors (Lipinski definition) is 4. The number of halogens is 1. The number of anilines is 2. The van der Waals surface area contributed by atoms with Gasteiger partial charge in [-0.3, -0.25) is 10.1 Å². The molecule has 110 valence electrons. The summed E-state index contributed by atoms with van der Waals surface area (Å²) in [6.45, 7) is 1.80. The Morgan fingerprint density at radius 2 is 2.00 bits per heavy atom. The maximum absolute atomic E-state index is 13.9. The fourth-order valence-corrected chi connectivity index (χ4v) is 2.30. The van der Waals surface area contributed by atoms with Gasteiger partial charge in [0.15, 0.2) is 0 Å². The molecule has 22 heavy (non-hydrogen) atoms. The van der Waals surface area contributed by atoms with Crippen LogP contribution in [0.5, 0.6) is 0 Å². The zero-order valence-corrected chi connectivity index (χ0v) is 11.7. The molecule has 0 saturated heterocycles. The first-order valence-electron chi connectivity index (χ1n) is 6.61. The Balaban J connectivity index is 2.12. The molecule has 0 aliphatic carbocycles. The number of fused-ring (bicyclic) bond motifs is 1. The predicted octanol–water partition coefficient (Wildman–Crippen LogP) is 4.33. The second-order valence-electron chi connectivity index (χ2n) is 4.90. The number of nitrogens with one attached hydrogen (secondary N) is 1. The van der Waals surface area contributed by atoms with Crippen LogP contribution in [-0.4, -0.2) is 9.91 Å². The maximum atomic E-state index is 13.9. The van der Waals surface area contributed by atoms with Crippen LogP contribution < -0.4 is 5.32 Å². The van der Waals surface area contributed by atoms with E-state index >= 15 is 0 Å². The topological polar surface area (TPSA) is 68.1 Å². The summed E-state index contributed by atoms with van der Waals surface area (Å²) in [5.41, 5.74) is 1.08. The highest BCUT2D eigenvalue weighted by atomic mass is 19.1. The number of nitrogens with zero attached hydrogens (tertiary/aromatic N) is 2. The van der Waals surface area contributed by atoms with Crippen molar-refractivity contribution in [1.82, 2.24) is 4.98 Å². The second-order valence-corrected chi connectivity index (χ2v) is 4.90. The van der Waals surface area contributed by atoms with Gasteiger partial charge in [-0.1, -0.05) is 18.2 Å². The average Bonchev–Trinajstić information content (AvgIpc) is 2.49. The van der Waals surface area contributed by atoms with Crippen LogP contribution in [0.4, 0.5) is 21.6 Å². The summed E-state index contributed by atoms with van der Waals surface area (Å²) in [6.07, 6.45) is 1.46. The molecule has 5 nitrogen and oxygen atoms in total. The van der Waals surface area contributed by atoms with Crippen molar-refractivity contribution >= 4 is 28.0 Å². The van der Waals surface area contributed by atoms with E-state index in [-0.39, 0.29) is 11.4 Å². The van der Waals surface area contributed by atoms with Crippen LogP contribution in [0.1, 0.15) is 5.56 Å². The Morgan fingerprint density at radius 1 is 1.18 bits per heavy atom. The van der Waals surface area contributed by atoms with Gasteiger partial charge in [-0.15, -0.1) is 0 Å². The van der Waals surface area contributed by atoms with Crippen LogP contribution in [0.15, 0.2) is 48.7 Å². The van der Waals surface area contributed by atoms with E-state index < -0.39 is 10.7 Å². The number of nitro benzene ring substituents is 1. The first-order chi connectivity index (χ1) is 10.6. The minimum absolute atomic E-state index is 0.00710. The molecule has 0 fully saturated rings. The lowest BCUT2D eigenvalue weighted by Crippen LogP contribution is -1.98. The second kappa shape index (κ2) is 5.40. The predicted molar refractivity (Wildman–Crippen MR) is 82.8 cm³/mol. The molecule has 3 aromatic rings. The molecule has 0 radical (unpaired) electrons. The molecule has 0 aliphatic rings. The van der Waals surface area contributed by atoms with E-state index in [1.165, 1.54) is 18.3 Å². The fourth-order valence-electron chi connectivity index (χ4n) is 2.30. The van der Waals surface area contributed by atoms with Crippen molar-refractivity contribution < 1.29 is 9.31 Å². The van der Waals surface area contributed by atoms with Crippen molar-refractivity contribution in [2.45, 2.75) is 6.92 Å². The zero-order valence-electron chi connectivity index (χ0n) is 11.7. The molecule has 0 spiro atoms. The van der Waals surface area contributed by atoms with Crippen molar-refractivity contribution in [2.24, 2.45) is 0 Å². The minimum atomic E-state index is -0.446. The van der Waals surface area contributed by atoms with E-state index in [0.29, 0.717) is 16.6 Å². The molecule has 0 unspecified atom stereocenters. The Bertz CT molecular complexity index is 880. The summed E-state index contributed by atoms with van der Waals surface area (Å²) in [4.78, 5) is 14.8. The number of pyridine rings is 1. The number of non-ortho nitro benzene ring substituents is 1. The SMILES string of the molecule is Cc1ccc(Nc2nccc3c([N+](=O)[O-])cccc23)c(F)c1. The van der Waals surface area contributed by atoms with E-state index in [0.717, 1.165) is 5.56 Å². The molecule has 3 rings (SSSR count). The van der Waals surface area contributed by atoms with Gasteiger partial charge in [-0.05, 0) is 30.7 Å². The molecular weight excluding hydrogens is 285 g/mol. The molecule has 0 atom stereocenters. The molecule has 0 saturated carbocycles. The monoisotopic (exact) mass is 297 g/mol. The lowest BCUT2D eigenvalue weighted by Gasteiger charge is -2.10. The van der Waals surface area contributed by atoms with Crippen LogP contribution in [0.25, 0.3) is 10.8 Å². The number of nitro groups is 1. The summed E-state index contributed by atoms with van der Waals surface area (Å²) >= 11 is 0. The Hall–Kier alpha value is -3.02. The smallest absolute Gasteiger partial charge is 0.277 e. The molecule has 6 heteroatoms. The fraction of sp³-hybridized carbons (Fsp3) is 0.0625. The quantitative estimate of drug-likeness (QED) is 0.577. The van der Waals surface area contributed by atoms with Gasteiger partial charge in [0.25, 0.3) is 5.69 Å². The van der Waals surface area contributed by atoms with Crippen LogP contribution in [-0.2, 0) is 0 Å². The van der Waals surface area contributed by atoms with Crippen molar-refractivity contribution in [3.05, 3.63) is 70.2 Å². The molecule has 0 bridgehead atoms. The molecule has 1 N–H and O–H groups in total. The molecule has 1 aromatic heterocycles. The molecule has 2 aromatic carbocycles. The van der Waals surface area contributed by atoms with Gasteiger partial charge >= 0.3 is 0 Å². The molecule has 0 aliphatic heterocycles. The van der Waals surface area contributed by atoms with E-state index in [9.17, 15) is 14.5 Å².